The van der Waals surface area contributed by atoms with Gasteiger partial charge in [0.15, 0.2) is 0 Å². The van der Waals surface area contributed by atoms with Gasteiger partial charge in [0.1, 0.15) is 0 Å². The van der Waals surface area contributed by atoms with Crippen LogP contribution in [-0.4, -0.2) is 39.1 Å². The Balaban J connectivity index is 2.09. The minimum absolute atomic E-state index is 0.435. The summed E-state index contributed by atoms with van der Waals surface area (Å²) in [5, 5.41) is 0. The Bertz CT molecular complexity index is 320. The Morgan fingerprint density at radius 3 is 1.82 bits per heavy atom. The second kappa shape index (κ2) is 9.59. The molecule has 1 saturated heterocycles. The van der Waals surface area contributed by atoms with Gasteiger partial charge in [0.25, 0.3) is 0 Å². The first kappa shape index (κ1) is 18.7. The van der Waals surface area contributed by atoms with Gasteiger partial charge in [0, 0.05) is 0 Å². The second-order valence-corrected chi connectivity index (χ2v) is 13.0. The van der Waals surface area contributed by atoms with Crippen LogP contribution in [0.1, 0.15) is 91.4 Å². The Hall–Kier alpha value is 0.339. The quantitative estimate of drug-likeness (QED) is 0.379. The molecule has 0 spiro atoms. The predicted molar refractivity (Wildman–Crippen MR) is 99.4 cm³/mol. The van der Waals surface area contributed by atoms with Crippen molar-refractivity contribution in [3.05, 3.63) is 9.79 Å². The van der Waals surface area contributed by atoms with Crippen molar-refractivity contribution in [2.24, 2.45) is 5.92 Å². The zero-order chi connectivity index (χ0) is 15.8. The molecule has 3 rings (SSSR count). The van der Waals surface area contributed by atoms with E-state index in [2.05, 4.69) is 31.9 Å². The van der Waals surface area contributed by atoms with Gasteiger partial charge in [-0.2, -0.15) is 0 Å². The number of allylic oxidation sites excluding steroid dienone is 1. The molecule has 0 aromatic carbocycles. The van der Waals surface area contributed by atoms with Gasteiger partial charge in [-0.1, -0.05) is 0 Å². The van der Waals surface area contributed by atoms with E-state index >= 15 is 0 Å². The van der Waals surface area contributed by atoms with E-state index in [1.165, 1.54) is 64.5 Å². The van der Waals surface area contributed by atoms with Crippen molar-refractivity contribution >= 4 is 21.1 Å². The molecule has 22 heavy (non-hydrogen) atoms. The van der Waals surface area contributed by atoms with Gasteiger partial charge >= 0.3 is 150 Å². The number of fused-ring (bicyclic) bond motifs is 2. The summed E-state index contributed by atoms with van der Waals surface area (Å²) >= 11 is -0.435. The number of unbranched alkanes of at least 4 members (excludes halogenated alkanes) is 3. The van der Waals surface area contributed by atoms with E-state index < -0.39 is 21.1 Å². The van der Waals surface area contributed by atoms with Crippen LogP contribution in [0.25, 0.3) is 0 Å². The minimum atomic E-state index is -0.435. The Labute approximate surface area is 149 Å². The number of piperidine rings is 1. The molecule has 3 aliphatic rings. The predicted octanol–water partition coefficient (Wildman–Crippen LogP) is 5.99. The van der Waals surface area contributed by atoms with Crippen molar-refractivity contribution in [2.75, 3.05) is 13.1 Å². The third-order valence-electron chi connectivity index (χ3n) is 5.73. The maximum absolute atomic E-state index is 2.64. The van der Waals surface area contributed by atoms with E-state index in [0.29, 0.717) is 0 Å². The second-order valence-electron chi connectivity index (χ2n) is 7.61. The summed E-state index contributed by atoms with van der Waals surface area (Å²) in [4.78, 5) is 2.64. The van der Waals surface area contributed by atoms with E-state index in [1.807, 2.05) is 3.59 Å². The van der Waals surface area contributed by atoms with Crippen LogP contribution in [0.15, 0.2) is 9.79 Å². The molecule has 0 aromatic rings. The average Bonchev–Trinajstić information content (AvgIpc) is 2.57. The Kier molecular flexibility index (Phi) is 8.14. The van der Waals surface area contributed by atoms with Crippen LogP contribution in [-0.2, 0) is 0 Å². The molecular formula is C20H37NSn. The summed E-state index contributed by atoms with van der Waals surface area (Å²) in [5.41, 5.74) is 0. The third-order valence-corrected chi connectivity index (χ3v) is 11.7. The zero-order valence-corrected chi connectivity index (χ0v) is 18.1. The van der Waals surface area contributed by atoms with Crippen LogP contribution >= 0.6 is 0 Å². The van der Waals surface area contributed by atoms with Gasteiger partial charge < -0.3 is 0 Å². The van der Waals surface area contributed by atoms with Crippen LogP contribution in [0.3, 0.4) is 0 Å². The topological polar surface area (TPSA) is 3.24 Å². The van der Waals surface area contributed by atoms with Crippen LogP contribution in [0, 0.1) is 5.92 Å². The third kappa shape index (κ3) is 5.17. The number of nitrogens with zero attached hydrogens (tertiary/aromatic N) is 1. The first-order chi connectivity index (χ1) is 10.7. The first-order valence-electron chi connectivity index (χ1n) is 9.97. The standard InChI is InChI=1S/C13H27.C7H10N.Sn/c1-4-7-10-13(11-8-5-2)12-9-6-3;1-4-8-5-2-7(1)3-6-8;/h4-12H2,1-3H3;6-7H,1-2,4-5H2;. The van der Waals surface area contributed by atoms with Crippen molar-refractivity contribution in [1.82, 2.24) is 4.90 Å². The average molecular weight is 410 g/mol. The Morgan fingerprint density at radius 2 is 1.45 bits per heavy atom. The van der Waals surface area contributed by atoms with Crippen LogP contribution in [0.4, 0.5) is 0 Å². The van der Waals surface area contributed by atoms with Gasteiger partial charge in [0.2, 0.25) is 0 Å². The molecule has 126 valence electrons. The molecule has 0 aromatic heterocycles. The van der Waals surface area contributed by atoms with E-state index in [9.17, 15) is 0 Å². The van der Waals surface area contributed by atoms with E-state index in [0.717, 1.165) is 9.35 Å². The zero-order valence-electron chi connectivity index (χ0n) is 15.3. The van der Waals surface area contributed by atoms with Gasteiger partial charge in [0.05, 0.1) is 0 Å². The van der Waals surface area contributed by atoms with Crippen molar-refractivity contribution in [3.63, 3.8) is 0 Å². The molecule has 1 nitrogen and oxygen atoms in total. The molecule has 1 fully saturated rings. The molecule has 0 aliphatic carbocycles. The SMILES string of the molecule is CCCC[C](CCCC)(CCCC)[Sn][C]1=CN2CCC1CC2. The van der Waals surface area contributed by atoms with E-state index in [-0.39, 0.29) is 0 Å². The molecule has 3 heterocycles. The van der Waals surface area contributed by atoms with E-state index in [1.54, 1.807) is 19.3 Å². The summed E-state index contributed by atoms with van der Waals surface area (Å²) in [6.07, 6.45) is 18.8. The molecular weight excluding hydrogens is 373 g/mol. The van der Waals surface area contributed by atoms with Crippen LogP contribution in [0.2, 0.25) is 3.43 Å². The van der Waals surface area contributed by atoms with Gasteiger partial charge in [-0.3, -0.25) is 0 Å². The maximum atomic E-state index is 2.64. The molecule has 0 amide bonds. The van der Waals surface area contributed by atoms with Crippen LogP contribution < -0.4 is 0 Å². The number of hydrogen-bond donors (Lipinski definition) is 0. The van der Waals surface area contributed by atoms with Crippen LogP contribution in [0.5, 0.6) is 0 Å². The van der Waals surface area contributed by atoms with Crippen molar-refractivity contribution in [2.45, 2.75) is 94.8 Å². The van der Waals surface area contributed by atoms with Crippen molar-refractivity contribution in [1.29, 1.82) is 0 Å². The number of rotatable bonds is 11. The molecule has 0 N–H and O–H groups in total. The molecule has 3 aliphatic heterocycles. The van der Waals surface area contributed by atoms with Gasteiger partial charge in [-0.05, 0) is 0 Å². The summed E-state index contributed by atoms with van der Waals surface area (Å²) in [5.74, 6) is 1.00. The van der Waals surface area contributed by atoms with E-state index in [4.69, 9.17) is 0 Å². The number of hydrogen-bond acceptors (Lipinski definition) is 1. The van der Waals surface area contributed by atoms with Gasteiger partial charge in [-0.15, -0.1) is 0 Å². The van der Waals surface area contributed by atoms with Crippen molar-refractivity contribution < 1.29 is 0 Å². The summed E-state index contributed by atoms with van der Waals surface area (Å²) in [7, 11) is 0. The molecule has 2 heteroatoms. The fraction of sp³-hybridized carbons (Fsp3) is 0.900. The molecule has 0 saturated carbocycles. The monoisotopic (exact) mass is 411 g/mol. The normalized spacial score (nSPS) is 18.9. The molecule has 0 atom stereocenters. The molecule has 2 bridgehead atoms. The fourth-order valence-electron chi connectivity index (χ4n) is 4.19. The summed E-state index contributed by atoms with van der Waals surface area (Å²) < 4.78 is 2.78. The fourth-order valence-corrected chi connectivity index (χ4v) is 10.6. The first-order valence-corrected chi connectivity index (χ1v) is 12.8. The van der Waals surface area contributed by atoms with Crippen molar-refractivity contribution in [3.8, 4) is 0 Å². The molecule has 0 unspecified atom stereocenters. The summed E-state index contributed by atoms with van der Waals surface area (Å²) in [6, 6.07) is 0. The van der Waals surface area contributed by atoms with Gasteiger partial charge in [-0.25, -0.2) is 0 Å². The molecule has 2 radical (unpaired) electrons. The summed E-state index contributed by atoms with van der Waals surface area (Å²) in [6.45, 7) is 9.83. The Morgan fingerprint density at radius 1 is 0.955 bits per heavy atom.